The summed E-state index contributed by atoms with van der Waals surface area (Å²) in [5.41, 5.74) is 4.81. The Morgan fingerprint density at radius 3 is 2.79 bits per heavy atom. The van der Waals surface area contributed by atoms with Crippen LogP contribution in [-0.2, 0) is 6.42 Å². The highest BCUT2D eigenvalue weighted by atomic mass is 79.9. The maximum atomic E-state index is 13.1. The number of rotatable bonds is 4. The van der Waals surface area contributed by atoms with Crippen molar-refractivity contribution in [2.24, 2.45) is 0 Å². The number of amides is 1. The molecule has 1 heterocycles. The highest BCUT2D eigenvalue weighted by molar-refractivity contribution is 9.10. The molecule has 1 amide bonds. The summed E-state index contributed by atoms with van der Waals surface area (Å²) in [7, 11) is 0. The minimum atomic E-state index is -0.0182. The Balaban J connectivity index is 1.84. The molecule has 1 atom stereocenters. The normalized spacial score (nSPS) is 18.4. The van der Waals surface area contributed by atoms with Gasteiger partial charge >= 0.3 is 0 Å². The lowest BCUT2D eigenvalue weighted by atomic mass is 9.83. The van der Waals surface area contributed by atoms with Crippen molar-refractivity contribution in [3.63, 3.8) is 0 Å². The minimum Gasteiger partial charge on any atom is -0.395 e. The number of benzene rings is 2. The first-order valence-electron chi connectivity index (χ1n) is 7.97. The summed E-state index contributed by atoms with van der Waals surface area (Å²) in [5, 5.41) is 12.4. The Bertz CT molecular complexity index is 847. The Labute approximate surface area is 148 Å². The van der Waals surface area contributed by atoms with E-state index in [-0.39, 0.29) is 18.6 Å². The molecule has 2 N–H and O–H groups in total. The lowest BCUT2D eigenvalue weighted by molar-refractivity contribution is 0.0972. The zero-order chi connectivity index (χ0) is 16.7. The van der Waals surface area contributed by atoms with Crippen molar-refractivity contribution in [2.75, 3.05) is 18.1 Å². The van der Waals surface area contributed by atoms with Crippen LogP contribution in [0.3, 0.4) is 0 Å². The molecule has 0 fully saturated rings. The average molecular weight is 385 g/mol. The van der Waals surface area contributed by atoms with Gasteiger partial charge in [0.05, 0.1) is 12.6 Å². The second kappa shape index (κ2) is 6.07. The smallest absolute Gasteiger partial charge is 0.259 e. The minimum absolute atomic E-state index is 0.0182. The number of nitrogens with zero attached hydrogens (tertiary/aromatic N) is 1. The van der Waals surface area contributed by atoms with Crippen molar-refractivity contribution < 1.29 is 9.90 Å². The van der Waals surface area contributed by atoms with Gasteiger partial charge in [-0.25, -0.2) is 0 Å². The van der Waals surface area contributed by atoms with E-state index in [0.29, 0.717) is 6.54 Å². The largest absolute Gasteiger partial charge is 0.395 e. The third-order valence-electron chi connectivity index (χ3n) is 4.53. The maximum absolute atomic E-state index is 13.1. The molecule has 2 aromatic rings. The molecule has 0 spiro atoms. The molecular weight excluding hydrogens is 368 g/mol. The van der Waals surface area contributed by atoms with Gasteiger partial charge in [0.25, 0.3) is 5.91 Å². The maximum Gasteiger partial charge on any atom is 0.259 e. The van der Waals surface area contributed by atoms with Gasteiger partial charge in [0.1, 0.15) is 0 Å². The number of carbonyl (C=O) groups is 1. The van der Waals surface area contributed by atoms with E-state index in [1.165, 1.54) is 0 Å². The molecule has 1 unspecified atom stereocenters. The van der Waals surface area contributed by atoms with Crippen molar-refractivity contribution in [1.82, 2.24) is 5.32 Å². The molecule has 2 bridgehead atoms. The second-order valence-electron chi connectivity index (χ2n) is 5.99. The average Bonchev–Trinajstić information content (AvgIpc) is 2.59. The summed E-state index contributed by atoms with van der Waals surface area (Å²) >= 11 is 3.49. The van der Waals surface area contributed by atoms with Gasteiger partial charge in [-0.05, 0) is 42.3 Å². The molecule has 0 saturated carbocycles. The number of halogens is 1. The van der Waals surface area contributed by atoms with Crippen LogP contribution in [-0.4, -0.2) is 30.2 Å². The van der Waals surface area contributed by atoms with Gasteiger partial charge in [0, 0.05) is 33.5 Å². The fraction of sp³-hybridized carbons (Fsp3) is 0.211. The fourth-order valence-electron chi connectivity index (χ4n) is 3.54. The number of aliphatic hydroxyl groups is 1. The molecule has 2 aliphatic rings. The van der Waals surface area contributed by atoms with E-state index < -0.39 is 0 Å². The Kier molecular flexibility index (Phi) is 3.90. The van der Waals surface area contributed by atoms with E-state index in [2.05, 4.69) is 27.3 Å². The molecular formula is C19H17BrN2O2. The van der Waals surface area contributed by atoms with Crippen molar-refractivity contribution >= 4 is 33.2 Å². The van der Waals surface area contributed by atoms with Crippen LogP contribution in [0.1, 0.15) is 21.5 Å². The summed E-state index contributed by atoms with van der Waals surface area (Å²) in [6.07, 6.45) is 2.91. The third-order valence-corrected chi connectivity index (χ3v) is 5.03. The first-order valence-corrected chi connectivity index (χ1v) is 8.76. The Morgan fingerprint density at radius 1 is 1.21 bits per heavy atom. The number of carbonyl (C=O) groups excluding carboxylic acids is 1. The van der Waals surface area contributed by atoms with Gasteiger partial charge in [-0.15, -0.1) is 0 Å². The number of nitrogens with one attached hydrogen (secondary N) is 1. The van der Waals surface area contributed by atoms with E-state index in [1.54, 1.807) is 0 Å². The van der Waals surface area contributed by atoms with Crippen LogP contribution in [0.25, 0.3) is 5.70 Å². The van der Waals surface area contributed by atoms with Gasteiger partial charge in [-0.2, -0.15) is 0 Å². The van der Waals surface area contributed by atoms with Crippen molar-refractivity contribution in [2.45, 2.75) is 12.5 Å². The first-order chi connectivity index (χ1) is 11.7. The quantitative estimate of drug-likeness (QED) is 0.851. The molecule has 1 aliphatic heterocycles. The standard InChI is InChI=1S/C19H17BrN2O2/c20-12-3-1-4-13(9-12)22-14-10-17-15(18(11-14)21-7-8-23)5-2-6-16(17)19(22)24/h1-6,9,11,14,21,23H,7-8,10H2. The molecule has 2 aromatic carbocycles. The van der Waals surface area contributed by atoms with E-state index in [4.69, 9.17) is 5.11 Å². The van der Waals surface area contributed by atoms with Crippen LogP contribution in [0, 0.1) is 0 Å². The molecule has 4 rings (SSSR count). The summed E-state index contributed by atoms with van der Waals surface area (Å²) in [4.78, 5) is 14.9. The number of fused-ring (bicyclic) bond motifs is 1. The third kappa shape index (κ3) is 2.44. The van der Waals surface area contributed by atoms with Crippen molar-refractivity contribution in [3.8, 4) is 0 Å². The van der Waals surface area contributed by atoms with Gasteiger partial charge in [0.2, 0.25) is 0 Å². The Hall–Kier alpha value is -2.11. The van der Waals surface area contributed by atoms with Crippen molar-refractivity contribution in [3.05, 3.63) is 69.7 Å². The van der Waals surface area contributed by atoms with Crippen LogP contribution in [0.4, 0.5) is 5.69 Å². The molecule has 122 valence electrons. The fourth-order valence-corrected chi connectivity index (χ4v) is 3.92. The van der Waals surface area contributed by atoms with E-state index >= 15 is 0 Å². The topological polar surface area (TPSA) is 52.6 Å². The van der Waals surface area contributed by atoms with Crippen molar-refractivity contribution in [1.29, 1.82) is 0 Å². The molecule has 0 radical (unpaired) electrons. The van der Waals surface area contributed by atoms with Crippen LogP contribution >= 0.6 is 15.9 Å². The van der Waals surface area contributed by atoms with Gasteiger partial charge in [0.15, 0.2) is 0 Å². The number of hydrogen-bond acceptors (Lipinski definition) is 3. The number of aliphatic hydroxyl groups excluding tert-OH is 1. The summed E-state index contributed by atoms with van der Waals surface area (Å²) < 4.78 is 0.950. The highest BCUT2D eigenvalue weighted by Gasteiger charge is 2.37. The van der Waals surface area contributed by atoms with E-state index in [0.717, 1.165) is 39.0 Å². The van der Waals surface area contributed by atoms with Crippen LogP contribution in [0.2, 0.25) is 0 Å². The van der Waals surface area contributed by atoms with Gasteiger partial charge < -0.3 is 15.3 Å². The molecule has 1 aliphatic carbocycles. The van der Waals surface area contributed by atoms with Crippen LogP contribution in [0.5, 0.6) is 0 Å². The van der Waals surface area contributed by atoms with Gasteiger partial charge in [-0.1, -0.05) is 34.1 Å². The zero-order valence-electron chi connectivity index (χ0n) is 13.0. The zero-order valence-corrected chi connectivity index (χ0v) is 14.6. The highest BCUT2D eigenvalue weighted by Crippen LogP contribution is 2.37. The molecule has 24 heavy (non-hydrogen) atoms. The van der Waals surface area contributed by atoms with Crippen LogP contribution in [0.15, 0.2) is 53.0 Å². The van der Waals surface area contributed by atoms with E-state index in [1.807, 2.05) is 47.4 Å². The van der Waals surface area contributed by atoms with Crippen LogP contribution < -0.4 is 10.2 Å². The van der Waals surface area contributed by atoms with E-state index in [9.17, 15) is 4.79 Å². The molecule has 0 aromatic heterocycles. The summed E-state index contributed by atoms with van der Waals surface area (Å²) in [5.74, 6) is 0.0404. The summed E-state index contributed by atoms with van der Waals surface area (Å²) in [6.45, 7) is 0.568. The second-order valence-corrected chi connectivity index (χ2v) is 6.90. The lowest BCUT2D eigenvalue weighted by Crippen LogP contribution is -2.47. The molecule has 5 heteroatoms. The predicted molar refractivity (Wildman–Crippen MR) is 98.0 cm³/mol. The predicted octanol–water partition coefficient (Wildman–Crippen LogP) is 2.96. The lowest BCUT2D eigenvalue weighted by Gasteiger charge is -2.39. The first kappa shape index (κ1) is 15.4. The summed E-state index contributed by atoms with van der Waals surface area (Å²) in [6, 6.07) is 13.7. The monoisotopic (exact) mass is 384 g/mol. The SMILES string of the molecule is O=C1c2cccc3c2CC(C=C3NCCO)N1c1cccc(Br)c1. The number of anilines is 1. The number of hydrogen-bond donors (Lipinski definition) is 2. The molecule has 0 saturated heterocycles. The Morgan fingerprint density at radius 2 is 2.00 bits per heavy atom. The van der Waals surface area contributed by atoms with Gasteiger partial charge in [-0.3, -0.25) is 4.79 Å². The molecule has 4 nitrogen and oxygen atoms in total.